The van der Waals surface area contributed by atoms with Crippen molar-refractivity contribution in [2.75, 3.05) is 0 Å². The maximum absolute atomic E-state index is 12.1. The lowest BCUT2D eigenvalue weighted by atomic mass is 10.1. The third-order valence-corrected chi connectivity index (χ3v) is 1.66. The van der Waals surface area contributed by atoms with Crippen LogP contribution in [-0.4, -0.2) is 28.8 Å². The fourth-order valence-electron chi connectivity index (χ4n) is 0.613. The maximum Gasteiger partial charge on any atom is 0.442 e. The molecule has 0 radical (unpaired) electrons. The molecule has 0 aromatic heterocycles. The summed E-state index contributed by atoms with van der Waals surface area (Å²) in [5.74, 6) is -3.84. The van der Waals surface area contributed by atoms with Crippen LogP contribution in [0, 0.1) is 0 Å². The summed E-state index contributed by atoms with van der Waals surface area (Å²) in [7, 11) is 0. The van der Waals surface area contributed by atoms with Gasteiger partial charge in [-0.2, -0.15) is 26.3 Å². The van der Waals surface area contributed by atoms with Crippen molar-refractivity contribution in [2.24, 2.45) is 0 Å². The Hall–Kier alpha value is -0.500. The highest BCUT2D eigenvalue weighted by atomic mass is 19.4. The number of hydrogen-bond acceptors (Lipinski definition) is 2. The molecule has 0 amide bonds. The monoisotopic (exact) mass is 240 g/mol. The van der Waals surface area contributed by atoms with Gasteiger partial charge in [-0.1, -0.05) is 0 Å². The Kier molecular flexibility index (Phi) is 3.40. The summed E-state index contributed by atoms with van der Waals surface area (Å²) >= 11 is 0. The zero-order chi connectivity index (χ0) is 12.7. The Morgan fingerprint density at radius 1 is 0.800 bits per heavy atom. The van der Waals surface area contributed by atoms with E-state index >= 15 is 0 Å². The third-order valence-electron chi connectivity index (χ3n) is 1.66. The van der Waals surface area contributed by atoms with Crippen molar-refractivity contribution in [1.29, 1.82) is 0 Å². The molecule has 0 aromatic carbocycles. The van der Waals surface area contributed by atoms with E-state index in [2.05, 4.69) is 4.74 Å². The van der Waals surface area contributed by atoms with E-state index in [1.54, 1.807) is 0 Å². The van der Waals surface area contributed by atoms with Crippen molar-refractivity contribution in [3.05, 3.63) is 0 Å². The van der Waals surface area contributed by atoms with Gasteiger partial charge in [0.1, 0.15) is 0 Å². The molecule has 0 fully saturated rings. The van der Waals surface area contributed by atoms with E-state index in [1.165, 1.54) is 0 Å². The van der Waals surface area contributed by atoms with Gasteiger partial charge in [-0.25, -0.2) is 0 Å². The van der Waals surface area contributed by atoms with Crippen molar-refractivity contribution in [3.63, 3.8) is 0 Å². The number of ether oxygens (including phenoxy) is 1. The topological polar surface area (TPSA) is 29.5 Å². The summed E-state index contributed by atoms with van der Waals surface area (Å²) < 4.78 is 76.1. The molecule has 1 atom stereocenters. The molecular weight excluding hydrogens is 230 g/mol. The van der Waals surface area contributed by atoms with Crippen LogP contribution in [0.3, 0.4) is 0 Å². The van der Waals surface area contributed by atoms with Crippen molar-refractivity contribution in [3.8, 4) is 0 Å². The maximum atomic E-state index is 12.1. The van der Waals surface area contributed by atoms with Gasteiger partial charge in [0, 0.05) is 0 Å². The Morgan fingerprint density at radius 3 is 1.33 bits per heavy atom. The van der Waals surface area contributed by atoms with Crippen LogP contribution in [-0.2, 0) is 4.74 Å². The fourth-order valence-corrected chi connectivity index (χ4v) is 0.613. The van der Waals surface area contributed by atoms with Crippen LogP contribution in [0.15, 0.2) is 0 Å². The van der Waals surface area contributed by atoms with Gasteiger partial charge in [0.15, 0.2) is 5.60 Å². The predicted molar refractivity (Wildman–Crippen MR) is 37.9 cm³/mol. The lowest BCUT2D eigenvalue weighted by molar-refractivity contribution is -0.412. The Morgan fingerprint density at radius 2 is 1.13 bits per heavy atom. The highest BCUT2D eigenvalue weighted by Crippen LogP contribution is 2.40. The fraction of sp³-hybridized carbons (Fsp3) is 1.00. The molecule has 92 valence electrons. The second kappa shape index (κ2) is 3.51. The van der Waals surface area contributed by atoms with Gasteiger partial charge in [0.2, 0.25) is 0 Å². The van der Waals surface area contributed by atoms with Crippen LogP contribution in [0.5, 0.6) is 0 Å². The first-order chi connectivity index (χ1) is 6.21. The SMILES string of the molecule is CC(C)(OC(C)(O)C(F)(F)F)C(F)(F)F. The Labute approximate surface area is 81.8 Å². The van der Waals surface area contributed by atoms with Crippen LogP contribution in [0.2, 0.25) is 0 Å². The van der Waals surface area contributed by atoms with E-state index in [0.29, 0.717) is 13.8 Å². The molecule has 1 N–H and O–H groups in total. The molecule has 0 aliphatic rings. The average Bonchev–Trinajstić information content (AvgIpc) is 1.77. The minimum atomic E-state index is -5.30. The second-order valence-electron chi connectivity index (χ2n) is 3.59. The number of rotatable bonds is 2. The van der Waals surface area contributed by atoms with Crippen LogP contribution in [0.4, 0.5) is 26.3 Å². The first-order valence-corrected chi connectivity index (χ1v) is 3.77. The van der Waals surface area contributed by atoms with Crippen LogP contribution in [0.25, 0.3) is 0 Å². The molecule has 1 unspecified atom stereocenters. The van der Waals surface area contributed by atoms with Crippen LogP contribution < -0.4 is 0 Å². The molecule has 0 bridgehead atoms. The summed E-state index contributed by atoms with van der Waals surface area (Å²) in [5, 5.41) is 8.70. The van der Waals surface area contributed by atoms with E-state index in [-0.39, 0.29) is 6.92 Å². The summed E-state index contributed by atoms with van der Waals surface area (Å²) in [5.41, 5.74) is -3.09. The van der Waals surface area contributed by atoms with Gasteiger partial charge >= 0.3 is 12.4 Å². The van der Waals surface area contributed by atoms with E-state index < -0.39 is 23.7 Å². The molecule has 0 saturated carbocycles. The molecular formula is C7H10F6O2. The second-order valence-corrected chi connectivity index (χ2v) is 3.59. The van der Waals surface area contributed by atoms with Crippen molar-refractivity contribution >= 4 is 0 Å². The summed E-state index contributed by atoms with van der Waals surface area (Å²) in [6.07, 6.45) is -10.3. The quantitative estimate of drug-likeness (QED) is 0.593. The minimum absolute atomic E-state index is 0.112. The predicted octanol–water partition coefficient (Wildman–Crippen LogP) is 2.61. The van der Waals surface area contributed by atoms with Crippen LogP contribution >= 0.6 is 0 Å². The molecule has 0 spiro atoms. The van der Waals surface area contributed by atoms with Gasteiger partial charge in [-0.05, 0) is 20.8 Å². The van der Waals surface area contributed by atoms with Crippen molar-refractivity contribution in [1.82, 2.24) is 0 Å². The van der Waals surface area contributed by atoms with E-state index in [0.717, 1.165) is 0 Å². The zero-order valence-electron chi connectivity index (χ0n) is 8.12. The summed E-state index contributed by atoms with van der Waals surface area (Å²) in [4.78, 5) is 0. The first-order valence-electron chi connectivity index (χ1n) is 3.77. The standard InChI is InChI=1S/C7H10F6O2/c1-4(2,6(8,9)10)15-5(3,14)7(11,12)13/h14H,1-3H3. The van der Waals surface area contributed by atoms with E-state index in [1.807, 2.05) is 0 Å². The van der Waals surface area contributed by atoms with Crippen LogP contribution in [0.1, 0.15) is 20.8 Å². The van der Waals surface area contributed by atoms with E-state index in [9.17, 15) is 26.3 Å². The molecule has 0 aliphatic carbocycles. The molecule has 0 rings (SSSR count). The van der Waals surface area contributed by atoms with Gasteiger partial charge in [-0.15, -0.1) is 0 Å². The lowest BCUT2D eigenvalue weighted by Gasteiger charge is -2.36. The number of halogens is 6. The van der Waals surface area contributed by atoms with Crippen molar-refractivity contribution in [2.45, 2.75) is 44.5 Å². The van der Waals surface area contributed by atoms with Gasteiger partial charge < -0.3 is 9.84 Å². The summed E-state index contributed by atoms with van der Waals surface area (Å²) in [6.45, 7) is 0.904. The van der Waals surface area contributed by atoms with Gasteiger partial charge in [0.25, 0.3) is 5.79 Å². The van der Waals surface area contributed by atoms with Crippen molar-refractivity contribution < 1.29 is 36.2 Å². The summed E-state index contributed by atoms with van der Waals surface area (Å²) in [6, 6.07) is 0. The minimum Gasteiger partial charge on any atom is -0.359 e. The van der Waals surface area contributed by atoms with E-state index in [4.69, 9.17) is 5.11 Å². The Bertz CT molecular complexity index is 203. The molecule has 15 heavy (non-hydrogen) atoms. The smallest absolute Gasteiger partial charge is 0.359 e. The number of alkyl halides is 6. The Balaban J connectivity index is 4.89. The largest absolute Gasteiger partial charge is 0.442 e. The average molecular weight is 240 g/mol. The number of aliphatic hydroxyl groups is 1. The molecule has 0 saturated heterocycles. The van der Waals surface area contributed by atoms with Gasteiger partial charge in [0.05, 0.1) is 0 Å². The first kappa shape index (κ1) is 14.5. The molecule has 8 heteroatoms. The van der Waals surface area contributed by atoms with Gasteiger partial charge in [-0.3, -0.25) is 0 Å². The molecule has 0 aliphatic heterocycles. The zero-order valence-corrected chi connectivity index (χ0v) is 8.12. The highest BCUT2D eigenvalue weighted by molar-refractivity contribution is 4.83. The highest BCUT2D eigenvalue weighted by Gasteiger charge is 2.59. The lowest BCUT2D eigenvalue weighted by Crippen LogP contribution is -2.54. The number of hydrogen-bond donors (Lipinski definition) is 1. The normalized spacial score (nSPS) is 18.8. The molecule has 0 heterocycles. The molecule has 0 aromatic rings. The third kappa shape index (κ3) is 3.23. The molecule has 2 nitrogen and oxygen atoms in total.